The number of carbonyl (C=O) groups excluding carboxylic acids is 1. The maximum absolute atomic E-state index is 12.2. The first-order chi connectivity index (χ1) is 13.1. The van der Waals surface area contributed by atoms with Crippen molar-refractivity contribution in [1.29, 1.82) is 0 Å². The average Bonchev–Trinajstić information content (AvgIpc) is 3.38. The fourth-order valence-electron chi connectivity index (χ4n) is 2.34. The molecule has 0 radical (unpaired) electrons. The topological polar surface area (TPSA) is 72.4 Å². The maximum Gasteiger partial charge on any atom is 2.00 e. The van der Waals surface area contributed by atoms with Gasteiger partial charge in [-0.25, -0.2) is 12.1 Å². The number of allylic oxidation sites excluding steroid dienone is 7. The third-order valence-electron chi connectivity index (χ3n) is 3.69. The Bertz CT molecular complexity index is 831. The minimum Gasteiger partial charge on any atom is -0.872 e. The molecule has 4 nitrogen and oxygen atoms in total. The summed E-state index contributed by atoms with van der Waals surface area (Å²) in [5.74, 6) is -0.533. The van der Waals surface area contributed by atoms with E-state index in [-0.39, 0.29) is 40.0 Å². The van der Waals surface area contributed by atoms with Crippen LogP contribution >= 0.6 is 0 Å². The maximum atomic E-state index is 12.2. The van der Waals surface area contributed by atoms with Crippen LogP contribution in [0.2, 0.25) is 0 Å². The van der Waals surface area contributed by atoms with Crippen molar-refractivity contribution in [2.75, 3.05) is 5.32 Å². The van der Waals surface area contributed by atoms with Gasteiger partial charge in [0.15, 0.2) is 0 Å². The van der Waals surface area contributed by atoms with Crippen LogP contribution in [0, 0.1) is 0 Å². The Morgan fingerprint density at radius 2 is 1.89 bits per heavy atom. The first-order valence-corrected chi connectivity index (χ1v) is 8.84. The van der Waals surface area contributed by atoms with Crippen LogP contribution in [0.1, 0.15) is 25.3 Å². The van der Waals surface area contributed by atoms with E-state index in [0.29, 0.717) is 12.1 Å². The van der Waals surface area contributed by atoms with Crippen molar-refractivity contribution >= 4 is 17.4 Å². The van der Waals surface area contributed by atoms with Crippen LogP contribution in [0.5, 0.6) is 5.75 Å². The molecule has 1 amide bonds. The molecule has 0 saturated carbocycles. The normalized spacial score (nSPS) is 12.0. The molecule has 0 aromatic heterocycles. The quantitative estimate of drug-likeness (QED) is 0.330. The Kier molecular flexibility index (Phi) is 10.3. The third kappa shape index (κ3) is 7.78. The molecule has 28 heavy (non-hydrogen) atoms. The van der Waals surface area contributed by atoms with E-state index in [4.69, 9.17) is 0 Å². The van der Waals surface area contributed by atoms with Gasteiger partial charge in [0.05, 0.1) is 0 Å². The zero-order chi connectivity index (χ0) is 19.5. The molecule has 2 aromatic carbocycles. The fourth-order valence-corrected chi connectivity index (χ4v) is 2.34. The molecule has 3 rings (SSSR count). The Hall–Kier alpha value is -2.88. The number of nitrogens with one attached hydrogen (secondary N) is 1. The number of benzene rings is 1. The molecule has 146 valence electrons. The molecular formula is C23H23FeNO3. The molecule has 5 heteroatoms. The Balaban J connectivity index is 0.000000567. The van der Waals surface area contributed by atoms with Crippen LogP contribution in [0.15, 0.2) is 90.6 Å². The van der Waals surface area contributed by atoms with Crippen LogP contribution in [0.25, 0.3) is 5.76 Å². The number of anilines is 1. The number of phenolic OH excluding ortho intramolecular Hbond substituents is 1. The van der Waals surface area contributed by atoms with Gasteiger partial charge in [-0.15, -0.1) is 0 Å². The smallest absolute Gasteiger partial charge is 0.872 e. The molecule has 0 spiro atoms. The van der Waals surface area contributed by atoms with Gasteiger partial charge in [0, 0.05) is 17.7 Å². The Morgan fingerprint density at radius 1 is 1.21 bits per heavy atom. The summed E-state index contributed by atoms with van der Waals surface area (Å²) in [7, 11) is 0. The third-order valence-corrected chi connectivity index (χ3v) is 3.69. The van der Waals surface area contributed by atoms with Gasteiger partial charge in [0.25, 0.3) is 0 Å². The predicted octanol–water partition coefficient (Wildman–Crippen LogP) is 4.29. The molecule has 1 aliphatic carbocycles. The molecule has 0 bridgehead atoms. The minimum atomic E-state index is -0.315. The summed E-state index contributed by atoms with van der Waals surface area (Å²) in [5, 5.41) is 24.7. The van der Waals surface area contributed by atoms with Gasteiger partial charge >= 0.3 is 17.1 Å². The second-order valence-electron chi connectivity index (χ2n) is 5.91. The van der Waals surface area contributed by atoms with E-state index >= 15 is 0 Å². The van der Waals surface area contributed by atoms with E-state index in [1.165, 1.54) is 18.2 Å². The van der Waals surface area contributed by atoms with Crippen LogP contribution in [0.4, 0.5) is 5.69 Å². The van der Waals surface area contributed by atoms with Gasteiger partial charge in [0.1, 0.15) is 5.75 Å². The van der Waals surface area contributed by atoms with E-state index in [9.17, 15) is 15.0 Å². The standard InChI is InChI=1S/C18H19NO3.C5H5.Fe/c1-2-5-18(22)19-14-9-11-17(21)15(12-14)16(20)10-8-13-6-3-4-7-13;1-2-4-5-3-1;/h3-4,6-12,20-21H,2,5H2,1H3,(H,19,22);1-5H;/q;-1;+2/p-1. The number of carbonyl (C=O) groups is 1. The van der Waals surface area contributed by atoms with Crippen LogP contribution in [0.3, 0.4) is 0 Å². The van der Waals surface area contributed by atoms with Crippen molar-refractivity contribution in [1.82, 2.24) is 0 Å². The second kappa shape index (κ2) is 12.5. The molecular weight excluding hydrogens is 394 g/mol. The van der Waals surface area contributed by atoms with Crippen LogP contribution in [-0.2, 0) is 21.9 Å². The second-order valence-corrected chi connectivity index (χ2v) is 5.91. The number of phenols is 1. The molecule has 0 unspecified atom stereocenters. The summed E-state index contributed by atoms with van der Waals surface area (Å²) < 4.78 is 0. The molecule has 0 aliphatic heterocycles. The van der Waals surface area contributed by atoms with E-state index in [1.807, 2.05) is 61.6 Å². The van der Waals surface area contributed by atoms with Gasteiger partial charge in [0.2, 0.25) is 5.91 Å². The molecule has 0 heterocycles. The van der Waals surface area contributed by atoms with Gasteiger partial charge in [-0.3, -0.25) is 4.79 Å². The molecule has 0 atom stereocenters. The first-order valence-electron chi connectivity index (χ1n) is 8.84. The molecule has 2 aromatic rings. The SMILES string of the molecule is CCCC(=O)Nc1ccc(O)c(C([O-])=CC=C2C=CC=C2)c1.[Fe+2].c1cc[cH-]c1. The van der Waals surface area contributed by atoms with Crippen LogP contribution in [-0.4, -0.2) is 11.0 Å². The number of hydrogen-bond donors (Lipinski definition) is 2. The average molecular weight is 417 g/mol. The van der Waals surface area contributed by atoms with Gasteiger partial charge in [-0.2, -0.15) is 18.2 Å². The Labute approximate surface area is 176 Å². The Morgan fingerprint density at radius 3 is 2.46 bits per heavy atom. The van der Waals surface area contributed by atoms with E-state index in [2.05, 4.69) is 5.32 Å². The summed E-state index contributed by atoms with van der Waals surface area (Å²) in [5.41, 5.74) is 1.58. The van der Waals surface area contributed by atoms with E-state index < -0.39 is 0 Å². The number of hydrogen-bond acceptors (Lipinski definition) is 3. The predicted molar refractivity (Wildman–Crippen MR) is 108 cm³/mol. The fraction of sp³-hybridized carbons (Fsp3) is 0.130. The van der Waals surface area contributed by atoms with Crippen molar-refractivity contribution in [3.8, 4) is 5.75 Å². The van der Waals surface area contributed by atoms with Crippen molar-refractivity contribution in [2.45, 2.75) is 19.8 Å². The largest absolute Gasteiger partial charge is 2.00 e. The first kappa shape index (κ1) is 23.2. The van der Waals surface area contributed by atoms with Gasteiger partial charge < -0.3 is 15.5 Å². The van der Waals surface area contributed by atoms with Crippen molar-refractivity contribution in [3.05, 3.63) is 96.1 Å². The minimum absolute atomic E-state index is 0. The van der Waals surface area contributed by atoms with Crippen molar-refractivity contribution in [2.24, 2.45) is 0 Å². The molecule has 1 aliphatic rings. The van der Waals surface area contributed by atoms with E-state index in [1.54, 1.807) is 12.1 Å². The van der Waals surface area contributed by atoms with Crippen molar-refractivity contribution in [3.63, 3.8) is 0 Å². The number of aromatic hydroxyl groups is 1. The number of amides is 1. The zero-order valence-electron chi connectivity index (χ0n) is 15.6. The zero-order valence-corrected chi connectivity index (χ0v) is 16.7. The summed E-state index contributed by atoms with van der Waals surface area (Å²) in [6.45, 7) is 1.92. The molecule has 0 saturated heterocycles. The summed E-state index contributed by atoms with van der Waals surface area (Å²) in [4.78, 5) is 11.6. The monoisotopic (exact) mass is 417 g/mol. The van der Waals surface area contributed by atoms with Crippen LogP contribution < -0.4 is 10.4 Å². The molecule has 2 N–H and O–H groups in total. The summed E-state index contributed by atoms with van der Waals surface area (Å²) >= 11 is 0. The van der Waals surface area contributed by atoms with Gasteiger partial charge in [-0.1, -0.05) is 49.1 Å². The number of rotatable bonds is 5. The van der Waals surface area contributed by atoms with Crippen molar-refractivity contribution < 1.29 is 32.1 Å². The van der Waals surface area contributed by atoms with Gasteiger partial charge in [-0.05, 0) is 30.2 Å². The molecule has 0 fully saturated rings. The summed E-state index contributed by atoms with van der Waals surface area (Å²) in [6, 6.07) is 14.5. The van der Waals surface area contributed by atoms with E-state index in [0.717, 1.165) is 12.0 Å². The summed E-state index contributed by atoms with van der Waals surface area (Å²) in [6.07, 6.45) is 11.8.